The quantitative estimate of drug-likeness (QED) is 0.735. The zero-order valence-electron chi connectivity index (χ0n) is 14.7. The fourth-order valence-corrected chi connectivity index (χ4v) is 5.44. The molecule has 0 bridgehead atoms. The first-order valence-electron chi connectivity index (χ1n) is 8.92. The molecular weight excluding hydrogens is 272 g/mol. The van der Waals surface area contributed by atoms with Gasteiger partial charge in [0, 0.05) is 6.61 Å². The van der Waals surface area contributed by atoms with Crippen molar-refractivity contribution in [2.75, 3.05) is 13.2 Å². The molecule has 2 aliphatic carbocycles. The Labute approximate surface area is 136 Å². The van der Waals surface area contributed by atoms with Crippen molar-refractivity contribution in [1.82, 2.24) is 0 Å². The van der Waals surface area contributed by atoms with Gasteiger partial charge in [0.05, 0.1) is 6.61 Å². The van der Waals surface area contributed by atoms with Crippen molar-refractivity contribution in [1.29, 1.82) is 0 Å². The van der Waals surface area contributed by atoms with Gasteiger partial charge in [-0.3, -0.25) is 0 Å². The van der Waals surface area contributed by atoms with Crippen LogP contribution in [0.3, 0.4) is 0 Å². The monoisotopic (exact) mass is 306 g/mol. The maximum atomic E-state index is 9.98. The third kappa shape index (κ3) is 3.19. The SMILES string of the molecule is C=C1CC[C@H]2[C@](C)(CO)CCC[C@]2(C)[C@H]1CC/C(C)=C\CO. The summed E-state index contributed by atoms with van der Waals surface area (Å²) in [5, 5.41) is 19.0. The molecule has 0 aromatic rings. The molecule has 4 atom stereocenters. The Hall–Kier alpha value is -0.600. The Morgan fingerprint density at radius 2 is 2.05 bits per heavy atom. The van der Waals surface area contributed by atoms with Crippen LogP contribution in [0.4, 0.5) is 0 Å². The van der Waals surface area contributed by atoms with Crippen LogP contribution >= 0.6 is 0 Å². The number of aliphatic hydroxyl groups is 2. The molecule has 0 aliphatic heterocycles. The van der Waals surface area contributed by atoms with Gasteiger partial charge < -0.3 is 10.2 Å². The standard InChI is InChI=1S/C20H34O2/c1-15(10-13-21)6-8-17-16(2)7-9-18-19(3,14-22)11-5-12-20(17,18)4/h10,17-18,21-22H,2,5-9,11-14H2,1,3-4H3/b15-10-/t17-,18-,19-,20+/m0/s1. The average molecular weight is 306 g/mol. The molecule has 0 spiro atoms. The fraction of sp³-hybridized carbons (Fsp3) is 0.800. The summed E-state index contributed by atoms with van der Waals surface area (Å²) in [7, 11) is 0. The van der Waals surface area contributed by atoms with Gasteiger partial charge in [-0.1, -0.05) is 44.1 Å². The van der Waals surface area contributed by atoms with E-state index in [4.69, 9.17) is 5.11 Å². The number of rotatable bonds is 5. The Bertz CT molecular complexity index is 439. The van der Waals surface area contributed by atoms with E-state index in [1.165, 1.54) is 30.4 Å². The molecule has 2 fully saturated rings. The molecule has 0 aromatic carbocycles. The minimum atomic E-state index is 0.0853. The molecule has 0 saturated heterocycles. The van der Waals surface area contributed by atoms with Crippen LogP contribution in [0, 0.1) is 22.7 Å². The van der Waals surface area contributed by atoms with Gasteiger partial charge in [0.25, 0.3) is 0 Å². The Morgan fingerprint density at radius 1 is 1.32 bits per heavy atom. The van der Waals surface area contributed by atoms with Gasteiger partial charge in [0.1, 0.15) is 0 Å². The van der Waals surface area contributed by atoms with Gasteiger partial charge in [-0.2, -0.15) is 0 Å². The molecule has 2 nitrogen and oxygen atoms in total. The van der Waals surface area contributed by atoms with Crippen LogP contribution in [0.15, 0.2) is 23.8 Å². The molecule has 2 aliphatic rings. The lowest BCUT2D eigenvalue weighted by molar-refractivity contribution is -0.0858. The van der Waals surface area contributed by atoms with Crippen molar-refractivity contribution < 1.29 is 10.2 Å². The summed E-state index contributed by atoms with van der Waals surface area (Å²) in [6, 6.07) is 0. The predicted octanol–water partition coefficient (Wildman–Crippen LogP) is 4.48. The van der Waals surface area contributed by atoms with E-state index in [1.54, 1.807) is 0 Å². The molecule has 0 radical (unpaired) electrons. The third-order valence-corrected chi connectivity index (χ3v) is 6.77. The first kappa shape index (κ1) is 17.7. The summed E-state index contributed by atoms with van der Waals surface area (Å²) in [6.07, 6.45) is 10.0. The molecule has 0 amide bonds. The zero-order chi connectivity index (χ0) is 16.4. The van der Waals surface area contributed by atoms with Gasteiger partial charge in [-0.25, -0.2) is 0 Å². The Morgan fingerprint density at radius 3 is 2.68 bits per heavy atom. The fourth-order valence-electron chi connectivity index (χ4n) is 5.44. The highest BCUT2D eigenvalue weighted by molar-refractivity contribution is 5.17. The van der Waals surface area contributed by atoms with Crippen LogP contribution in [0.2, 0.25) is 0 Å². The summed E-state index contributed by atoms with van der Waals surface area (Å²) in [5.74, 6) is 1.16. The maximum absolute atomic E-state index is 9.98. The number of hydrogen-bond acceptors (Lipinski definition) is 2. The second-order valence-electron chi connectivity index (χ2n) is 8.25. The van der Waals surface area contributed by atoms with E-state index in [0.29, 0.717) is 18.4 Å². The van der Waals surface area contributed by atoms with E-state index < -0.39 is 0 Å². The van der Waals surface area contributed by atoms with Gasteiger partial charge in [-0.15, -0.1) is 0 Å². The second-order valence-corrected chi connectivity index (χ2v) is 8.25. The predicted molar refractivity (Wildman–Crippen MR) is 92.6 cm³/mol. The van der Waals surface area contributed by atoms with E-state index in [0.717, 1.165) is 25.7 Å². The average Bonchev–Trinajstić information content (AvgIpc) is 2.46. The first-order chi connectivity index (χ1) is 10.4. The smallest absolute Gasteiger partial charge is 0.0614 e. The molecule has 22 heavy (non-hydrogen) atoms. The molecule has 2 N–H and O–H groups in total. The number of hydrogen-bond donors (Lipinski definition) is 2. The lowest BCUT2D eigenvalue weighted by atomic mass is 9.47. The molecule has 0 aromatic heterocycles. The highest BCUT2D eigenvalue weighted by Gasteiger charge is 2.53. The molecule has 2 rings (SSSR count). The third-order valence-electron chi connectivity index (χ3n) is 6.77. The van der Waals surface area contributed by atoms with Crippen LogP contribution in [-0.4, -0.2) is 23.4 Å². The van der Waals surface area contributed by atoms with Crippen LogP contribution < -0.4 is 0 Å². The second kappa shape index (κ2) is 6.88. The minimum absolute atomic E-state index is 0.0853. The van der Waals surface area contributed by atoms with Gasteiger partial charge in [0.15, 0.2) is 0 Å². The van der Waals surface area contributed by atoms with E-state index in [1.807, 2.05) is 6.08 Å². The minimum Gasteiger partial charge on any atom is -0.396 e. The molecule has 2 heteroatoms. The van der Waals surface area contributed by atoms with Crippen LogP contribution in [0.25, 0.3) is 0 Å². The van der Waals surface area contributed by atoms with Crippen molar-refractivity contribution in [3.05, 3.63) is 23.8 Å². The highest BCUT2D eigenvalue weighted by Crippen LogP contribution is 2.61. The normalized spacial score (nSPS) is 39.7. The van der Waals surface area contributed by atoms with Gasteiger partial charge in [-0.05, 0) is 68.1 Å². The van der Waals surface area contributed by atoms with Crippen molar-refractivity contribution in [3.8, 4) is 0 Å². The Balaban J connectivity index is 2.20. The topological polar surface area (TPSA) is 40.5 Å². The van der Waals surface area contributed by atoms with Crippen LogP contribution in [0.1, 0.15) is 65.7 Å². The van der Waals surface area contributed by atoms with Gasteiger partial charge in [0.2, 0.25) is 0 Å². The number of allylic oxidation sites excluding steroid dienone is 2. The molecule has 0 unspecified atom stereocenters. The first-order valence-corrected chi connectivity index (χ1v) is 8.92. The lowest BCUT2D eigenvalue weighted by Crippen LogP contribution is -2.51. The summed E-state index contributed by atoms with van der Waals surface area (Å²) >= 11 is 0. The number of fused-ring (bicyclic) bond motifs is 1. The summed E-state index contributed by atoms with van der Waals surface area (Å²) < 4.78 is 0. The van der Waals surface area contributed by atoms with Gasteiger partial charge >= 0.3 is 0 Å². The van der Waals surface area contributed by atoms with Crippen LogP contribution in [0.5, 0.6) is 0 Å². The summed E-state index contributed by atoms with van der Waals surface area (Å²) in [6.45, 7) is 11.7. The van der Waals surface area contributed by atoms with Crippen molar-refractivity contribution in [2.24, 2.45) is 22.7 Å². The largest absolute Gasteiger partial charge is 0.396 e. The van der Waals surface area contributed by atoms with Crippen LogP contribution in [-0.2, 0) is 0 Å². The summed E-state index contributed by atoms with van der Waals surface area (Å²) in [5.41, 5.74) is 3.06. The van der Waals surface area contributed by atoms with Crippen molar-refractivity contribution >= 4 is 0 Å². The highest BCUT2D eigenvalue weighted by atomic mass is 16.3. The summed E-state index contributed by atoms with van der Waals surface area (Å²) in [4.78, 5) is 0. The van der Waals surface area contributed by atoms with E-state index in [2.05, 4.69) is 27.4 Å². The maximum Gasteiger partial charge on any atom is 0.0614 e. The lowest BCUT2D eigenvalue weighted by Gasteiger charge is -2.58. The number of aliphatic hydroxyl groups excluding tert-OH is 2. The molecule has 2 saturated carbocycles. The van der Waals surface area contributed by atoms with Crippen molar-refractivity contribution in [2.45, 2.75) is 65.7 Å². The van der Waals surface area contributed by atoms with E-state index in [-0.39, 0.29) is 17.4 Å². The molecule has 0 heterocycles. The van der Waals surface area contributed by atoms with E-state index in [9.17, 15) is 5.11 Å². The van der Waals surface area contributed by atoms with E-state index >= 15 is 0 Å². The molecular formula is C20H34O2. The zero-order valence-corrected chi connectivity index (χ0v) is 14.7. The molecule has 126 valence electrons. The van der Waals surface area contributed by atoms with Crippen molar-refractivity contribution in [3.63, 3.8) is 0 Å². The Kier molecular flexibility index (Phi) is 5.55.